The van der Waals surface area contributed by atoms with Gasteiger partial charge in [0.25, 0.3) is 5.91 Å². The smallest absolute Gasteiger partial charge is 0.251 e. The Morgan fingerprint density at radius 3 is 3.05 bits per heavy atom. The minimum absolute atomic E-state index is 0.0458. The molecule has 1 saturated heterocycles. The van der Waals surface area contributed by atoms with E-state index in [0.717, 1.165) is 19.5 Å². The Labute approximate surface area is 116 Å². The molecule has 19 heavy (non-hydrogen) atoms. The lowest BCUT2D eigenvalue weighted by Gasteiger charge is -2.22. The van der Waals surface area contributed by atoms with Gasteiger partial charge in [-0.05, 0) is 49.7 Å². The predicted molar refractivity (Wildman–Crippen MR) is 76.3 cm³/mol. The highest BCUT2D eigenvalue weighted by Gasteiger charge is 2.16. The first-order valence-electron chi connectivity index (χ1n) is 6.54. The molecule has 0 aliphatic carbocycles. The van der Waals surface area contributed by atoms with Gasteiger partial charge in [-0.15, -0.1) is 11.3 Å². The Hall–Kier alpha value is -1.40. The van der Waals surface area contributed by atoms with Gasteiger partial charge < -0.3 is 16.4 Å². The molecule has 104 valence electrons. The Balaban J connectivity index is 1.80. The van der Waals surface area contributed by atoms with E-state index < -0.39 is 5.91 Å². The molecular formula is C13H19N3O2S. The maximum absolute atomic E-state index is 11.9. The zero-order valence-corrected chi connectivity index (χ0v) is 11.6. The van der Waals surface area contributed by atoms with E-state index in [4.69, 9.17) is 5.73 Å². The van der Waals surface area contributed by atoms with Crippen molar-refractivity contribution in [3.8, 4) is 0 Å². The summed E-state index contributed by atoms with van der Waals surface area (Å²) in [5.74, 6) is 0.0296. The number of nitrogens with two attached hydrogens (primary N) is 1. The number of carbonyl (C=O) groups excluding carboxylic acids is 2. The third-order valence-electron chi connectivity index (χ3n) is 3.36. The third-order valence-corrected chi connectivity index (χ3v) is 4.19. The molecule has 4 N–H and O–H groups in total. The molecule has 1 aliphatic rings. The molecule has 0 radical (unpaired) electrons. The van der Waals surface area contributed by atoms with Crippen LogP contribution in [0.3, 0.4) is 0 Å². The number of piperidine rings is 1. The van der Waals surface area contributed by atoms with Crippen LogP contribution < -0.4 is 16.4 Å². The summed E-state index contributed by atoms with van der Waals surface area (Å²) in [6.07, 6.45) is 3.74. The van der Waals surface area contributed by atoms with E-state index in [1.165, 1.54) is 24.2 Å². The molecule has 2 rings (SSSR count). The Morgan fingerprint density at radius 1 is 1.53 bits per heavy atom. The summed E-state index contributed by atoms with van der Waals surface area (Å²) < 4.78 is 0. The van der Waals surface area contributed by atoms with Crippen LogP contribution in [0.1, 0.15) is 36.0 Å². The van der Waals surface area contributed by atoms with Gasteiger partial charge in [-0.2, -0.15) is 0 Å². The molecule has 0 bridgehead atoms. The van der Waals surface area contributed by atoms with Crippen LogP contribution in [-0.2, 0) is 4.79 Å². The van der Waals surface area contributed by atoms with Crippen LogP contribution in [0.4, 0.5) is 5.00 Å². The number of hydrogen-bond acceptors (Lipinski definition) is 4. The number of anilines is 1. The lowest BCUT2D eigenvalue weighted by molar-refractivity contribution is -0.116. The van der Waals surface area contributed by atoms with Crippen LogP contribution in [-0.4, -0.2) is 24.9 Å². The summed E-state index contributed by atoms with van der Waals surface area (Å²) >= 11 is 1.32. The summed E-state index contributed by atoms with van der Waals surface area (Å²) in [5, 5.41) is 8.41. The van der Waals surface area contributed by atoms with Gasteiger partial charge in [0.2, 0.25) is 5.91 Å². The fraction of sp³-hybridized carbons (Fsp3) is 0.538. The second-order valence-electron chi connectivity index (χ2n) is 4.83. The number of thiophene rings is 1. The van der Waals surface area contributed by atoms with Crippen molar-refractivity contribution in [1.82, 2.24) is 5.32 Å². The Morgan fingerprint density at radius 2 is 2.37 bits per heavy atom. The maximum atomic E-state index is 11.9. The van der Waals surface area contributed by atoms with Crippen molar-refractivity contribution in [3.63, 3.8) is 0 Å². The summed E-state index contributed by atoms with van der Waals surface area (Å²) in [6.45, 7) is 2.08. The highest BCUT2D eigenvalue weighted by Crippen LogP contribution is 2.23. The normalized spacial score (nSPS) is 19.1. The van der Waals surface area contributed by atoms with Crippen molar-refractivity contribution in [1.29, 1.82) is 0 Å². The van der Waals surface area contributed by atoms with E-state index >= 15 is 0 Å². The summed E-state index contributed by atoms with van der Waals surface area (Å²) in [4.78, 5) is 23.0. The predicted octanol–water partition coefficient (Wildman–Crippen LogP) is 1.57. The Kier molecular flexibility index (Phi) is 4.93. The molecule has 1 unspecified atom stereocenters. The monoisotopic (exact) mass is 281 g/mol. The zero-order chi connectivity index (χ0) is 13.7. The second kappa shape index (κ2) is 6.68. The van der Waals surface area contributed by atoms with Gasteiger partial charge >= 0.3 is 0 Å². The second-order valence-corrected chi connectivity index (χ2v) is 5.74. The highest BCUT2D eigenvalue weighted by molar-refractivity contribution is 7.14. The van der Waals surface area contributed by atoms with Crippen LogP contribution in [0.2, 0.25) is 0 Å². The Bertz CT molecular complexity index is 452. The van der Waals surface area contributed by atoms with Crippen molar-refractivity contribution in [3.05, 3.63) is 17.0 Å². The zero-order valence-electron chi connectivity index (χ0n) is 10.8. The molecule has 0 spiro atoms. The van der Waals surface area contributed by atoms with E-state index in [1.54, 1.807) is 11.4 Å². The molecule has 1 aromatic rings. The third kappa shape index (κ3) is 4.04. The van der Waals surface area contributed by atoms with Crippen molar-refractivity contribution < 1.29 is 9.59 Å². The molecule has 2 heterocycles. The van der Waals surface area contributed by atoms with E-state index in [-0.39, 0.29) is 5.91 Å². The average Bonchev–Trinajstić information content (AvgIpc) is 2.86. The van der Waals surface area contributed by atoms with Crippen LogP contribution in [0.25, 0.3) is 0 Å². The number of primary amides is 1. The fourth-order valence-corrected chi connectivity index (χ4v) is 3.10. The van der Waals surface area contributed by atoms with Gasteiger partial charge in [-0.3, -0.25) is 9.59 Å². The lowest BCUT2D eigenvalue weighted by atomic mass is 9.94. The number of hydrogen-bond donors (Lipinski definition) is 3. The molecule has 0 aromatic carbocycles. The SMILES string of the molecule is NC(=O)c1ccsc1NC(=O)CCC1CCCNC1. The van der Waals surface area contributed by atoms with Gasteiger partial charge in [0.15, 0.2) is 0 Å². The van der Waals surface area contributed by atoms with Crippen LogP contribution in [0.15, 0.2) is 11.4 Å². The first-order chi connectivity index (χ1) is 9.16. The molecular weight excluding hydrogens is 262 g/mol. The molecule has 6 heteroatoms. The summed E-state index contributed by atoms with van der Waals surface area (Å²) in [6, 6.07) is 1.63. The van der Waals surface area contributed by atoms with Crippen molar-refractivity contribution >= 4 is 28.2 Å². The largest absolute Gasteiger partial charge is 0.366 e. The first-order valence-corrected chi connectivity index (χ1v) is 7.42. The van der Waals surface area contributed by atoms with Gasteiger partial charge in [-0.25, -0.2) is 0 Å². The van der Waals surface area contributed by atoms with E-state index in [1.807, 2.05) is 0 Å². The quantitative estimate of drug-likeness (QED) is 0.766. The van der Waals surface area contributed by atoms with Crippen molar-refractivity contribution in [2.75, 3.05) is 18.4 Å². The number of rotatable bonds is 5. The highest BCUT2D eigenvalue weighted by atomic mass is 32.1. The molecule has 1 atom stereocenters. The molecule has 1 fully saturated rings. The first kappa shape index (κ1) is 14.0. The molecule has 1 aromatic heterocycles. The fourth-order valence-electron chi connectivity index (χ4n) is 2.29. The average molecular weight is 281 g/mol. The topological polar surface area (TPSA) is 84.2 Å². The van der Waals surface area contributed by atoms with Crippen molar-refractivity contribution in [2.45, 2.75) is 25.7 Å². The van der Waals surface area contributed by atoms with E-state index in [9.17, 15) is 9.59 Å². The van der Waals surface area contributed by atoms with Gasteiger partial charge in [-0.1, -0.05) is 0 Å². The minimum Gasteiger partial charge on any atom is -0.366 e. The van der Waals surface area contributed by atoms with Crippen LogP contribution in [0, 0.1) is 5.92 Å². The standard InChI is InChI=1S/C13H19N3O2S/c14-12(18)10-5-7-19-13(10)16-11(17)4-3-9-2-1-6-15-8-9/h5,7,9,15H,1-4,6,8H2,(H2,14,18)(H,16,17). The molecule has 1 aliphatic heterocycles. The summed E-state index contributed by atoms with van der Waals surface area (Å²) in [5.41, 5.74) is 5.62. The van der Waals surface area contributed by atoms with Crippen LogP contribution >= 0.6 is 11.3 Å². The molecule has 2 amide bonds. The summed E-state index contributed by atoms with van der Waals surface area (Å²) in [7, 11) is 0. The van der Waals surface area contributed by atoms with E-state index in [0.29, 0.717) is 22.9 Å². The maximum Gasteiger partial charge on any atom is 0.251 e. The number of nitrogens with one attached hydrogen (secondary N) is 2. The van der Waals surface area contributed by atoms with Gasteiger partial charge in [0.1, 0.15) is 5.00 Å². The minimum atomic E-state index is -0.506. The lowest BCUT2D eigenvalue weighted by Crippen LogP contribution is -2.30. The molecule has 0 saturated carbocycles. The molecule has 5 nitrogen and oxygen atoms in total. The van der Waals surface area contributed by atoms with Gasteiger partial charge in [0.05, 0.1) is 5.56 Å². The number of carbonyl (C=O) groups is 2. The number of amides is 2. The van der Waals surface area contributed by atoms with E-state index in [2.05, 4.69) is 10.6 Å². The van der Waals surface area contributed by atoms with Crippen LogP contribution in [0.5, 0.6) is 0 Å². The van der Waals surface area contributed by atoms with Gasteiger partial charge in [0, 0.05) is 6.42 Å². The van der Waals surface area contributed by atoms with Crippen molar-refractivity contribution in [2.24, 2.45) is 11.7 Å².